The molecule has 0 radical (unpaired) electrons. The van der Waals surface area contributed by atoms with Gasteiger partial charge in [0.25, 0.3) is 0 Å². The van der Waals surface area contributed by atoms with Gasteiger partial charge in [-0.1, -0.05) is 41.9 Å². The van der Waals surface area contributed by atoms with Gasteiger partial charge in [0.15, 0.2) is 0 Å². The lowest BCUT2D eigenvalue weighted by Crippen LogP contribution is -2.10. The topological polar surface area (TPSA) is 37.8 Å². The van der Waals surface area contributed by atoms with Crippen molar-refractivity contribution in [2.45, 2.75) is 26.8 Å². The summed E-state index contributed by atoms with van der Waals surface area (Å²) < 4.78 is 0. The van der Waals surface area contributed by atoms with Crippen LogP contribution >= 0.6 is 11.6 Å². The minimum Gasteiger partial charge on any atom is -0.348 e. The van der Waals surface area contributed by atoms with Crippen molar-refractivity contribution in [3.63, 3.8) is 0 Å². The fourth-order valence-corrected chi connectivity index (χ4v) is 1.89. The van der Waals surface area contributed by atoms with Crippen LogP contribution in [0, 0.1) is 13.8 Å². The van der Waals surface area contributed by atoms with E-state index >= 15 is 0 Å². The summed E-state index contributed by atoms with van der Waals surface area (Å²) >= 11 is 6.06. The van der Waals surface area contributed by atoms with E-state index in [-0.39, 0.29) is 6.04 Å². The van der Waals surface area contributed by atoms with Crippen molar-refractivity contribution >= 4 is 17.5 Å². The molecule has 0 bridgehead atoms. The van der Waals surface area contributed by atoms with Crippen LogP contribution in [0.1, 0.15) is 29.8 Å². The maximum atomic E-state index is 6.06. The van der Waals surface area contributed by atoms with Gasteiger partial charge in [-0.15, -0.1) is 0 Å². The molecule has 3 nitrogen and oxygen atoms in total. The molecular weight excluding hydrogens is 246 g/mol. The molecular formula is C14H16ClN3. The van der Waals surface area contributed by atoms with Crippen LogP contribution < -0.4 is 5.32 Å². The maximum Gasteiger partial charge on any atom is 0.224 e. The minimum atomic E-state index is 0.143. The molecule has 4 heteroatoms. The average Bonchev–Trinajstić information content (AvgIpc) is 2.37. The molecule has 0 fully saturated rings. The van der Waals surface area contributed by atoms with Crippen LogP contribution in [-0.4, -0.2) is 9.97 Å². The molecule has 2 rings (SSSR count). The normalized spacial score (nSPS) is 12.2. The zero-order valence-electron chi connectivity index (χ0n) is 10.7. The van der Waals surface area contributed by atoms with Gasteiger partial charge < -0.3 is 5.32 Å². The van der Waals surface area contributed by atoms with Gasteiger partial charge in [-0.05, 0) is 26.3 Å². The number of hydrogen-bond acceptors (Lipinski definition) is 3. The number of rotatable bonds is 3. The Labute approximate surface area is 112 Å². The van der Waals surface area contributed by atoms with Crippen LogP contribution in [-0.2, 0) is 0 Å². The number of hydrogen-bond donors (Lipinski definition) is 1. The summed E-state index contributed by atoms with van der Waals surface area (Å²) in [7, 11) is 0. The van der Waals surface area contributed by atoms with Crippen molar-refractivity contribution < 1.29 is 0 Å². The molecule has 1 N–H and O–H groups in total. The van der Waals surface area contributed by atoms with Gasteiger partial charge in [0.2, 0.25) is 5.95 Å². The maximum absolute atomic E-state index is 6.06. The summed E-state index contributed by atoms with van der Waals surface area (Å²) in [5.41, 5.74) is 3.02. The molecule has 94 valence electrons. The Morgan fingerprint density at radius 2 is 1.78 bits per heavy atom. The molecule has 0 spiro atoms. The van der Waals surface area contributed by atoms with Crippen LogP contribution in [0.4, 0.5) is 5.95 Å². The Balaban J connectivity index is 2.20. The quantitative estimate of drug-likeness (QED) is 0.851. The molecule has 0 aliphatic rings. The molecule has 0 saturated heterocycles. The smallest absolute Gasteiger partial charge is 0.224 e. The van der Waals surface area contributed by atoms with E-state index in [9.17, 15) is 0 Å². The first-order valence-electron chi connectivity index (χ1n) is 5.90. The predicted molar refractivity (Wildman–Crippen MR) is 75.0 cm³/mol. The Bertz CT molecular complexity index is 517. The van der Waals surface area contributed by atoms with E-state index in [0.29, 0.717) is 11.1 Å². The predicted octanol–water partition coefficient (Wildman–Crippen LogP) is 3.92. The van der Waals surface area contributed by atoms with Crippen molar-refractivity contribution in [1.29, 1.82) is 0 Å². The standard InChI is InChI=1S/C14H16ClN3/c1-9-10(2)16-14(18-13(9)15)17-11(3)12-7-5-4-6-8-12/h4-8,11H,1-3H3,(H,16,17,18). The van der Waals surface area contributed by atoms with Crippen LogP contribution in [0.15, 0.2) is 30.3 Å². The Kier molecular flexibility index (Phi) is 3.82. The largest absolute Gasteiger partial charge is 0.348 e. The highest BCUT2D eigenvalue weighted by Crippen LogP contribution is 2.20. The van der Waals surface area contributed by atoms with Crippen LogP contribution in [0.5, 0.6) is 0 Å². The highest BCUT2D eigenvalue weighted by molar-refractivity contribution is 6.30. The first-order chi connectivity index (χ1) is 8.58. The molecule has 0 aliphatic carbocycles. The van der Waals surface area contributed by atoms with E-state index < -0.39 is 0 Å². The molecule has 1 aromatic heterocycles. The Hall–Kier alpha value is -1.61. The molecule has 0 amide bonds. The number of benzene rings is 1. The van der Waals surface area contributed by atoms with Gasteiger partial charge >= 0.3 is 0 Å². The van der Waals surface area contributed by atoms with E-state index in [4.69, 9.17) is 11.6 Å². The fraction of sp³-hybridized carbons (Fsp3) is 0.286. The third-order valence-corrected chi connectivity index (χ3v) is 3.34. The average molecular weight is 262 g/mol. The summed E-state index contributed by atoms with van der Waals surface area (Å²) in [6.07, 6.45) is 0. The first-order valence-corrected chi connectivity index (χ1v) is 6.28. The van der Waals surface area contributed by atoms with Crippen molar-refractivity contribution in [2.24, 2.45) is 0 Å². The van der Waals surface area contributed by atoms with E-state index in [0.717, 1.165) is 11.3 Å². The highest BCUT2D eigenvalue weighted by atomic mass is 35.5. The zero-order chi connectivity index (χ0) is 13.1. The van der Waals surface area contributed by atoms with Gasteiger partial charge in [-0.3, -0.25) is 0 Å². The molecule has 2 aromatic rings. The summed E-state index contributed by atoms with van der Waals surface area (Å²) in [5.74, 6) is 0.569. The van der Waals surface area contributed by atoms with Gasteiger partial charge in [0.05, 0.1) is 6.04 Å². The summed E-state index contributed by atoms with van der Waals surface area (Å²) in [6.45, 7) is 5.92. The van der Waals surface area contributed by atoms with Crippen LogP contribution in [0.25, 0.3) is 0 Å². The zero-order valence-corrected chi connectivity index (χ0v) is 11.5. The van der Waals surface area contributed by atoms with Crippen molar-refractivity contribution in [3.05, 3.63) is 52.3 Å². The molecule has 18 heavy (non-hydrogen) atoms. The minimum absolute atomic E-state index is 0.143. The van der Waals surface area contributed by atoms with Crippen molar-refractivity contribution in [1.82, 2.24) is 9.97 Å². The lowest BCUT2D eigenvalue weighted by atomic mass is 10.1. The van der Waals surface area contributed by atoms with Gasteiger partial charge in [0, 0.05) is 11.3 Å². The second-order valence-corrected chi connectivity index (χ2v) is 4.68. The van der Waals surface area contributed by atoms with Crippen molar-refractivity contribution in [3.8, 4) is 0 Å². The highest BCUT2D eigenvalue weighted by Gasteiger charge is 2.09. The number of halogens is 1. The summed E-state index contributed by atoms with van der Waals surface area (Å²) in [4.78, 5) is 8.63. The van der Waals surface area contributed by atoms with E-state index in [1.54, 1.807) is 0 Å². The van der Waals surface area contributed by atoms with E-state index in [1.165, 1.54) is 5.56 Å². The Morgan fingerprint density at radius 1 is 1.11 bits per heavy atom. The number of anilines is 1. The van der Waals surface area contributed by atoms with E-state index in [2.05, 4.69) is 34.3 Å². The Morgan fingerprint density at radius 3 is 2.39 bits per heavy atom. The number of nitrogens with zero attached hydrogens (tertiary/aromatic N) is 2. The van der Waals surface area contributed by atoms with Gasteiger partial charge in [-0.2, -0.15) is 0 Å². The van der Waals surface area contributed by atoms with Crippen LogP contribution in [0.3, 0.4) is 0 Å². The molecule has 0 aliphatic heterocycles. The SMILES string of the molecule is Cc1nc(NC(C)c2ccccc2)nc(Cl)c1C. The number of nitrogens with one attached hydrogen (secondary N) is 1. The first kappa shape index (κ1) is 12.8. The summed E-state index contributed by atoms with van der Waals surface area (Å²) in [6, 6.07) is 10.3. The third kappa shape index (κ3) is 2.79. The molecule has 1 aromatic carbocycles. The lowest BCUT2D eigenvalue weighted by molar-refractivity contribution is 0.855. The molecule has 1 heterocycles. The fourth-order valence-electron chi connectivity index (χ4n) is 1.68. The monoisotopic (exact) mass is 261 g/mol. The second-order valence-electron chi connectivity index (χ2n) is 4.33. The number of aryl methyl sites for hydroxylation is 1. The van der Waals surface area contributed by atoms with Crippen molar-refractivity contribution in [2.75, 3.05) is 5.32 Å². The molecule has 0 saturated carbocycles. The second kappa shape index (κ2) is 5.36. The van der Waals surface area contributed by atoms with Crippen LogP contribution in [0.2, 0.25) is 5.15 Å². The molecule has 1 unspecified atom stereocenters. The molecule has 1 atom stereocenters. The third-order valence-electron chi connectivity index (χ3n) is 2.97. The lowest BCUT2D eigenvalue weighted by Gasteiger charge is -2.15. The van der Waals surface area contributed by atoms with Gasteiger partial charge in [-0.25, -0.2) is 9.97 Å². The van der Waals surface area contributed by atoms with Gasteiger partial charge in [0.1, 0.15) is 5.15 Å². The van der Waals surface area contributed by atoms with E-state index in [1.807, 2.05) is 32.0 Å². The summed E-state index contributed by atoms with van der Waals surface area (Å²) in [5, 5.41) is 3.77. The number of aromatic nitrogens is 2.